The van der Waals surface area contributed by atoms with Gasteiger partial charge in [0.1, 0.15) is 12.2 Å². The van der Waals surface area contributed by atoms with E-state index in [0.29, 0.717) is 13.0 Å². The van der Waals surface area contributed by atoms with Gasteiger partial charge in [-0.1, -0.05) is 26.0 Å². The lowest BCUT2D eigenvalue weighted by atomic mass is 10.2. The molecular weight excluding hydrogens is 469 g/mol. The van der Waals surface area contributed by atoms with Crippen molar-refractivity contribution < 1.29 is 4.79 Å². The van der Waals surface area contributed by atoms with Crippen LogP contribution in [0.5, 0.6) is 0 Å². The topological polar surface area (TPSA) is 96.2 Å². The second kappa shape index (κ2) is 13.1. The molecule has 9 heteroatoms. The summed E-state index contributed by atoms with van der Waals surface area (Å²) in [5, 5.41) is 17.5. The van der Waals surface area contributed by atoms with Gasteiger partial charge in [0.05, 0.1) is 0 Å². The summed E-state index contributed by atoms with van der Waals surface area (Å²) in [4.78, 5) is 15.9. The van der Waals surface area contributed by atoms with E-state index in [0.717, 1.165) is 49.0 Å². The zero-order valence-corrected chi connectivity index (χ0v) is 19.1. The maximum atomic E-state index is 11.6. The number of amides is 1. The molecule has 3 N–H and O–H groups in total. The van der Waals surface area contributed by atoms with Crippen molar-refractivity contribution in [3.05, 3.63) is 42.0 Å². The van der Waals surface area contributed by atoms with Crippen LogP contribution in [-0.4, -0.2) is 40.2 Å². The molecule has 0 saturated carbocycles. The lowest BCUT2D eigenvalue weighted by Crippen LogP contribution is -2.38. The van der Waals surface area contributed by atoms with E-state index < -0.39 is 0 Å². The number of carbonyl (C=O) groups excluding carboxylic acids is 1. The van der Waals surface area contributed by atoms with Crippen molar-refractivity contribution in [3.63, 3.8) is 0 Å². The number of anilines is 1. The van der Waals surface area contributed by atoms with Crippen LogP contribution in [0.2, 0.25) is 0 Å². The van der Waals surface area contributed by atoms with Crippen molar-refractivity contribution in [2.75, 3.05) is 18.9 Å². The molecule has 0 bridgehead atoms. The second-order valence-corrected chi connectivity index (χ2v) is 6.14. The third kappa shape index (κ3) is 7.83. The lowest BCUT2D eigenvalue weighted by Gasteiger charge is -2.13. The Balaban J connectivity index is 0.00000392. The van der Waals surface area contributed by atoms with Crippen molar-refractivity contribution in [2.45, 2.75) is 46.2 Å². The molecule has 1 amide bonds. The number of nitrogens with zero attached hydrogens (tertiary/aromatic N) is 4. The monoisotopic (exact) mass is 499 g/mol. The SMILES string of the molecule is CCCC(=O)Nc1ccc(CNC(=NC)NCCn2cnnc2CC)cc1.I. The van der Waals surface area contributed by atoms with Crippen LogP contribution in [0.15, 0.2) is 35.6 Å². The predicted molar refractivity (Wildman–Crippen MR) is 123 cm³/mol. The largest absolute Gasteiger partial charge is 0.355 e. The molecule has 0 aliphatic carbocycles. The standard InChI is InChI=1S/C19H29N7O.HI/c1-4-6-18(27)24-16-9-7-15(8-10-16)13-22-19(20-3)21-11-12-26-14-23-25-17(26)5-2;/h7-10,14H,4-6,11-13H2,1-3H3,(H,24,27)(H2,20,21,22);1H. The number of benzene rings is 1. The summed E-state index contributed by atoms with van der Waals surface area (Å²) in [5.41, 5.74) is 1.93. The van der Waals surface area contributed by atoms with Crippen LogP contribution in [0.3, 0.4) is 0 Å². The summed E-state index contributed by atoms with van der Waals surface area (Å²) in [6.45, 7) is 6.21. The van der Waals surface area contributed by atoms with Gasteiger partial charge in [-0.25, -0.2) is 0 Å². The third-order valence-electron chi connectivity index (χ3n) is 4.06. The van der Waals surface area contributed by atoms with E-state index in [1.54, 1.807) is 13.4 Å². The number of halogens is 1. The fourth-order valence-electron chi connectivity index (χ4n) is 2.60. The smallest absolute Gasteiger partial charge is 0.224 e. The Morgan fingerprint density at radius 3 is 2.57 bits per heavy atom. The minimum absolute atomic E-state index is 0. The van der Waals surface area contributed by atoms with Crippen molar-refractivity contribution in [3.8, 4) is 0 Å². The molecule has 1 aromatic heterocycles. The number of nitrogens with one attached hydrogen (secondary N) is 3. The van der Waals surface area contributed by atoms with Gasteiger partial charge < -0.3 is 20.5 Å². The van der Waals surface area contributed by atoms with E-state index in [1.807, 2.05) is 35.8 Å². The average Bonchev–Trinajstić information content (AvgIpc) is 3.13. The quantitative estimate of drug-likeness (QED) is 0.280. The molecule has 0 unspecified atom stereocenters. The van der Waals surface area contributed by atoms with Crippen molar-refractivity contribution in [2.24, 2.45) is 4.99 Å². The molecule has 28 heavy (non-hydrogen) atoms. The van der Waals surface area contributed by atoms with E-state index in [2.05, 4.69) is 38.1 Å². The summed E-state index contributed by atoms with van der Waals surface area (Å²) in [7, 11) is 1.75. The van der Waals surface area contributed by atoms with Gasteiger partial charge in [0, 0.05) is 45.2 Å². The van der Waals surface area contributed by atoms with Crippen LogP contribution >= 0.6 is 24.0 Å². The minimum atomic E-state index is 0. The van der Waals surface area contributed by atoms with Crippen LogP contribution in [0.25, 0.3) is 0 Å². The number of aliphatic imine (C=N–C) groups is 1. The Morgan fingerprint density at radius 1 is 1.18 bits per heavy atom. The molecule has 154 valence electrons. The summed E-state index contributed by atoms with van der Waals surface area (Å²) in [6, 6.07) is 7.82. The Kier molecular flexibility index (Phi) is 11.2. The molecule has 0 saturated heterocycles. The number of aryl methyl sites for hydroxylation is 1. The van der Waals surface area contributed by atoms with Gasteiger partial charge in [-0.3, -0.25) is 9.79 Å². The van der Waals surface area contributed by atoms with Crippen LogP contribution < -0.4 is 16.0 Å². The molecule has 0 fully saturated rings. The molecular formula is C19H30IN7O. The van der Waals surface area contributed by atoms with E-state index >= 15 is 0 Å². The number of carbonyl (C=O) groups is 1. The summed E-state index contributed by atoms with van der Waals surface area (Å²) >= 11 is 0. The zero-order chi connectivity index (χ0) is 19.5. The highest BCUT2D eigenvalue weighted by atomic mass is 127. The molecule has 0 atom stereocenters. The fraction of sp³-hybridized carbons (Fsp3) is 0.474. The number of guanidine groups is 1. The van der Waals surface area contributed by atoms with Gasteiger partial charge in [-0.05, 0) is 24.1 Å². The maximum Gasteiger partial charge on any atom is 0.224 e. The lowest BCUT2D eigenvalue weighted by molar-refractivity contribution is -0.116. The molecule has 2 rings (SSSR count). The summed E-state index contributed by atoms with van der Waals surface area (Å²) < 4.78 is 2.03. The predicted octanol–water partition coefficient (Wildman–Crippen LogP) is 2.56. The Morgan fingerprint density at radius 2 is 1.93 bits per heavy atom. The number of rotatable bonds is 9. The van der Waals surface area contributed by atoms with Gasteiger partial charge >= 0.3 is 0 Å². The molecule has 0 aliphatic heterocycles. The summed E-state index contributed by atoms with van der Waals surface area (Å²) in [6.07, 6.45) is 4.00. The molecule has 8 nitrogen and oxygen atoms in total. The molecule has 0 aliphatic rings. The van der Waals surface area contributed by atoms with E-state index in [9.17, 15) is 4.79 Å². The van der Waals surface area contributed by atoms with Crippen molar-refractivity contribution >= 4 is 41.5 Å². The number of hydrogen-bond donors (Lipinski definition) is 3. The first-order chi connectivity index (χ1) is 13.2. The minimum Gasteiger partial charge on any atom is -0.355 e. The Hall–Kier alpha value is -2.17. The fourth-order valence-corrected chi connectivity index (χ4v) is 2.60. The first-order valence-electron chi connectivity index (χ1n) is 9.36. The van der Waals surface area contributed by atoms with Crippen LogP contribution in [0.4, 0.5) is 5.69 Å². The van der Waals surface area contributed by atoms with E-state index in [1.165, 1.54) is 0 Å². The normalized spacial score (nSPS) is 10.9. The average molecular weight is 499 g/mol. The zero-order valence-electron chi connectivity index (χ0n) is 16.7. The van der Waals surface area contributed by atoms with Crippen LogP contribution in [0, 0.1) is 0 Å². The van der Waals surface area contributed by atoms with Gasteiger partial charge in [-0.2, -0.15) is 0 Å². The van der Waals surface area contributed by atoms with Crippen molar-refractivity contribution in [1.29, 1.82) is 0 Å². The Labute approximate surface area is 183 Å². The van der Waals surface area contributed by atoms with Gasteiger partial charge in [0.25, 0.3) is 0 Å². The third-order valence-corrected chi connectivity index (χ3v) is 4.06. The molecule has 1 aromatic carbocycles. The molecule has 2 aromatic rings. The molecule has 1 heterocycles. The molecule has 0 radical (unpaired) electrons. The van der Waals surface area contributed by atoms with Gasteiger partial charge in [0.15, 0.2) is 5.96 Å². The first kappa shape index (κ1) is 23.9. The number of aromatic nitrogens is 3. The maximum absolute atomic E-state index is 11.6. The van der Waals surface area contributed by atoms with E-state index in [-0.39, 0.29) is 29.9 Å². The van der Waals surface area contributed by atoms with Crippen LogP contribution in [-0.2, 0) is 24.3 Å². The van der Waals surface area contributed by atoms with Crippen molar-refractivity contribution in [1.82, 2.24) is 25.4 Å². The number of hydrogen-bond acceptors (Lipinski definition) is 4. The Bertz CT molecular complexity index is 743. The highest BCUT2D eigenvalue weighted by Gasteiger charge is 2.03. The van der Waals surface area contributed by atoms with Gasteiger partial charge in [0.2, 0.25) is 5.91 Å². The van der Waals surface area contributed by atoms with E-state index in [4.69, 9.17) is 0 Å². The summed E-state index contributed by atoms with van der Waals surface area (Å²) in [5.74, 6) is 1.76. The molecule has 0 spiro atoms. The highest BCUT2D eigenvalue weighted by Crippen LogP contribution is 2.10. The van der Waals surface area contributed by atoms with Gasteiger partial charge in [-0.15, -0.1) is 34.2 Å². The first-order valence-corrected chi connectivity index (χ1v) is 9.36. The highest BCUT2D eigenvalue weighted by molar-refractivity contribution is 14.0. The van der Waals surface area contributed by atoms with Crippen LogP contribution in [0.1, 0.15) is 38.1 Å². The second-order valence-electron chi connectivity index (χ2n) is 6.14.